The smallest absolute Gasteiger partial charge is 0.243 e. The SMILES string of the molecule is CCNC(=O)[C@H](Cc1ccccc1)N(Cc1ccc(F)cc1)C(=O)Cc1ccccc1Cl. The molecule has 0 aromatic heterocycles. The van der Waals surface area contributed by atoms with Gasteiger partial charge in [0, 0.05) is 24.5 Å². The molecular weight excluding hydrogens is 427 g/mol. The zero-order chi connectivity index (χ0) is 22.9. The van der Waals surface area contributed by atoms with Crippen molar-refractivity contribution in [2.45, 2.75) is 32.4 Å². The van der Waals surface area contributed by atoms with E-state index in [0.29, 0.717) is 23.6 Å². The average Bonchev–Trinajstić information content (AvgIpc) is 2.79. The third-order valence-corrected chi connectivity index (χ3v) is 5.56. The topological polar surface area (TPSA) is 49.4 Å². The van der Waals surface area contributed by atoms with Crippen molar-refractivity contribution in [2.75, 3.05) is 6.54 Å². The van der Waals surface area contributed by atoms with Crippen LogP contribution in [0.3, 0.4) is 0 Å². The lowest BCUT2D eigenvalue weighted by Gasteiger charge is -2.31. The molecule has 3 rings (SSSR count). The van der Waals surface area contributed by atoms with Crippen LogP contribution in [0.4, 0.5) is 4.39 Å². The Labute approximate surface area is 193 Å². The van der Waals surface area contributed by atoms with Crippen molar-refractivity contribution in [2.24, 2.45) is 0 Å². The lowest BCUT2D eigenvalue weighted by molar-refractivity contribution is -0.140. The number of nitrogens with zero attached hydrogens (tertiary/aromatic N) is 1. The largest absolute Gasteiger partial charge is 0.355 e. The minimum atomic E-state index is -0.725. The third kappa shape index (κ3) is 6.41. The summed E-state index contributed by atoms with van der Waals surface area (Å²) in [5.74, 6) is -0.812. The zero-order valence-electron chi connectivity index (χ0n) is 17.9. The maximum atomic E-state index is 13.5. The van der Waals surface area contributed by atoms with E-state index in [-0.39, 0.29) is 30.6 Å². The molecule has 0 heterocycles. The zero-order valence-corrected chi connectivity index (χ0v) is 18.7. The molecule has 3 aromatic carbocycles. The summed E-state index contributed by atoms with van der Waals surface area (Å²) in [5, 5.41) is 3.35. The van der Waals surface area contributed by atoms with Crippen molar-refractivity contribution < 1.29 is 14.0 Å². The minimum Gasteiger partial charge on any atom is -0.355 e. The number of rotatable bonds is 9. The van der Waals surface area contributed by atoms with Gasteiger partial charge < -0.3 is 10.2 Å². The molecule has 0 radical (unpaired) electrons. The molecule has 0 spiro atoms. The maximum absolute atomic E-state index is 13.5. The van der Waals surface area contributed by atoms with Gasteiger partial charge in [-0.05, 0) is 41.8 Å². The number of carbonyl (C=O) groups excluding carboxylic acids is 2. The van der Waals surface area contributed by atoms with Gasteiger partial charge in [0.1, 0.15) is 11.9 Å². The average molecular weight is 453 g/mol. The molecule has 2 amide bonds. The minimum absolute atomic E-state index is 0.0611. The van der Waals surface area contributed by atoms with Gasteiger partial charge in [0.15, 0.2) is 0 Å². The second kappa shape index (κ2) is 11.4. The molecule has 32 heavy (non-hydrogen) atoms. The molecule has 166 valence electrons. The number of carbonyl (C=O) groups is 2. The predicted octanol–water partition coefficient (Wildman–Crippen LogP) is 4.80. The summed E-state index contributed by atoms with van der Waals surface area (Å²) in [7, 11) is 0. The second-order valence-electron chi connectivity index (χ2n) is 7.52. The molecule has 0 aliphatic heterocycles. The van der Waals surface area contributed by atoms with Crippen LogP contribution in [0.15, 0.2) is 78.9 Å². The highest BCUT2D eigenvalue weighted by Gasteiger charge is 2.30. The van der Waals surface area contributed by atoms with Crippen LogP contribution >= 0.6 is 11.6 Å². The van der Waals surface area contributed by atoms with Gasteiger partial charge in [-0.2, -0.15) is 0 Å². The fraction of sp³-hybridized carbons (Fsp3) is 0.231. The first kappa shape index (κ1) is 23.5. The summed E-state index contributed by atoms with van der Waals surface area (Å²) in [6.45, 7) is 2.47. The first-order chi connectivity index (χ1) is 15.5. The summed E-state index contributed by atoms with van der Waals surface area (Å²) < 4.78 is 13.4. The second-order valence-corrected chi connectivity index (χ2v) is 7.92. The number of benzene rings is 3. The highest BCUT2D eigenvalue weighted by molar-refractivity contribution is 6.31. The molecule has 0 saturated carbocycles. The molecule has 6 heteroatoms. The van der Waals surface area contributed by atoms with E-state index in [0.717, 1.165) is 11.1 Å². The fourth-order valence-corrected chi connectivity index (χ4v) is 3.74. The Morgan fingerprint density at radius 2 is 1.59 bits per heavy atom. The van der Waals surface area contributed by atoms with Gasteiger partial charge in [-0.15, -0.1) is 0 Å². The molecule has 3 aromatic rings. The number of likely N-dealkylation sites (N-methyl/N-ethyl adjacent to an activating group) is 1. The molecule has 0 unspecified atom stereocenters. The first-order valence-electron chi connectivity index (χ1n) is 10.6. The molecule has 1 N–H and O–H groups in total. The van der Waals surface area contributed by atoms with Gasteiger partial charge in [0.05, 0.1) is 6.42 Å². The van der Waals surface area contributed by atoms with E-state index in [4.69, 9.17) is 11.6 Å². The third-order valence-electron chi connectivity index (χ3n) is 5.19. The van der Waals surface area contributed by atoms with E-state index in [2.05, 4.69) is 5.32 Å². The monoisotopic (exact) mass is 452 g/mol. The lowest BCUT2D eigenvalue weighted by atomic mass is 10.0. The van der Waals surface area contributed by atoms with Crippen LogP contribution in [0, 0.1) is 5.82 Å². The van der Waals surface area contributed by atoms with E-state index in [9.17, 15) is 14.0 Å². The number of nitrogens with one attached hydrogen (secondary N) is 1. The molecule has 0 fully saturated rings. The molecule has 1 atom stereocenters. The molecule has 0 aliphatic carbocycles. The van der Waals surface area contributed by atoms with Crippen molar-refractivity contribution in [3.05, 3.63) is 106 Å². The van der Waals surface area contributed by atoms with Gasteiger partial charge in [0.25, 0.3) is 0 Å². The quantitative estimate of drug-likeness (QED) is 0.507. The van der Waals surface area contributed by atoms with Crippen LogP contribution < -0.4 is 5.32 Å². The highest BCUT2D eigenvalue weighted by Crippen LogP contribution is 2.20. The van der Waals surface area contributed by atoms with Gasteiger partial charge in [-0.1, -0.05) is 72.3 Å². The Hall–Kier alpha value is -3.18. The molecule has 4 nitrogen and oxygen atoms in total. The van der Waals surface area contributed by atoms with E-state index in [1.54, 1.807) is 35.2 Å². The van der Waals surface area contributed by atoms with Crippen molar-refractivity contribution in [3.8, 4) is 0 Å². The Morgan fingerprint density at radius 1 is 0.938 bits per heavy atom. The van der Waals surface area contributed by atoms with E-state index in [1.165, 1.54) is 12.1 Å². The molecule has 0 bridgehead atoms. The van der Waals surface area contributed by atoms with Gasteiger partial charge in [0.2, 0.25) is 11.8 Å². The number of hydrogen-bond acceptors (Lipinski definition) is 2. The first-order valence-corrected chi connectivity index (χ1v) is 10.9. The standard InChI is InChI=1S/C26H26ClFN2O2/c1-2-29-26(32)24(16-19-8-4-3-5-9-19)30(18-20-12-14-22(28)15-13-20)25(31)17-21-10-6-7-11-23(21)27/h3-15,24H,2,16-18H2,1H3,(H,29,32)/t24-/m0/s1. The lowest BCUT2D eigenvalue weighted by Crippen LogP contribution is -2.51. The normalized spacial score (nSPS) is 11.6. The Balaban J connectivity index is 1.95. The van der Waals surface area contributed by atoms with E-state index in [1.807, 2.05) is 43.3 Å². The Bertz CT molecular complexity index is 1040. The predicted molar refractivity (Wildman–Crippen MR) is 125 cm³/mol. The van der Waals surface area contributed by atoms with Crippen molar-refractivity contribution in [1.29, 1.82) is 0 Å². The Morgan fingerprint density at radius 3 is 2.25 bits per heavy atom. The van der Waals surface area contributed by atoms with Crippen LogP contribution in [0.1, 0.15) is 23.6 Å². The summed E-state index contributed by atoms with van der Waals surface area (Å²) >= 11 is 6.28. The van der Waals surface area contributed by atoms with Gasteiger partial charge in [-0.3, -0.25) is 9.59 Å². The van der Waals surface area contributed by atoms with Crippen molar-refractivity contribution in [1.82, 2.24) is 10.2 Å². The molecular formula is C26H26ClFN2O2. The summed E-state index contributed by atoms with van der Waals surface area (Å²) in [4.78, 5) is 28.1. The van der Waals surface area contributed by atoms with E-state index < -0.39 is 6.04 Å². The van der Waals surface area contributed by atoms with Crippen LogP contribution in [0.25, 0.3) is 0 Å². The van der Waals surface area contributed by atoms with Crippen LogP contribution in [-0.2, 0) is 29.0 Å². The van der Waals surface area contributed by atoms with E-state index >= 15 is 0 Å². The summed E-state index contributed by atoms with van der Waals surface area (Å²) in [5.41, 5.74) is 2.37. The Kier molecular flexibility index (Phi) is 8.40. The summed E-state index contributed by atoms with van der Waals surface area (Å²) in [6.07, 6.45) is 0.424. The van der Waals surface area contributed by atoms with Crippen LogP contribution in [-0.4, -0.2) is 29.3 Å². The van der Waals surface area contributed by atoms with Crippen LogP contribution in [0.2, 0.25) is 5.02 Å². The number of amides is 2. The molecule has 0 saturated heterocycles. The van der Waals surface area contributed by atoms with Crippen molar-refractivity contribution in [3.63, 3.8) is 0 Å². The maximum Gasteiger partial charge on any atom is 0.243 e. The van der Waals surface area contributed by atoms with Crippen molar-refractivity contribution >= 4 is 23.4 Å². The molecule has 0 aliphatic rings. The number of halogens is 2. The van der Waals surface area contributed by atoms with Crippen LogP contribution in [0.5, 0.6) is 0 Å². The van der Waals surface area contributed by atoms with Gasteiger partial charge >= 0.3 is 0 Å². The van der Waals surface area contributed by atoms with Gasteiger partial charge in [-0.25, -0.2) is 4.39 Å². The summed E-state index contributed by atoms with van der Waals surface area (Å²) in [6, 6.07) is 22.0. The highest BCUT2D eigenvalue weighted by atomic mass is 35.5. The fourth-order valence-electron chi connectivity index (χ4n) is 3.54. The number of hydrogen-bond donors (Lipinski definition) is 1.